The highest BCUT2D eigenvalue weighted by molar-refractivity contribution is 6.39. The topological polar surface area (TPSA) is 78.4 Å². The number of carbonyl (C=O) groups excluding carboxylic acids is 2. The molecule has 2 amide bonds. The molecule has 0 radical (unpaired) electrons. The maximum atomic E-state index is 13.2. The lowest BCUT2D eigenvalue weighted by Crippen LogP contribution is -2.46. The van der Waals surface area contributed by atoms with Crippen molar-refractivity contribution in [3.05, 3.63) is 29.6 Å². The lowest BCUT2D eigenvalue weighted by molar-refractivity contribution is -0.136. The van der Waals surface area contributed by atoms with Gasteiger partial charge in [0.15, 0.2) is 0 Å². The van der Waals surface area contributed by atoms with E-state index < -0.39 is 23.3 Å². The molecule has 1 unspecified atom stereocenters. The van der Waals surface area contributed by atoms with Gasteiger partial charge in [0.1, 0.15) is 5.82 Å². The minimum atomic E-state index is -0.828. The lowest BCUT2D eigenvalue weighted by atomic mass is 9.81. The number of halogens is 1. The Hall–Kier alpha value is -1.95. The predicted molar refractivity (Wildman–Crippen MR) is 87.4 cm³/mol. The molecular formula is C17H25FN2O3. The predicted octanol–water partition coefficient (Wildman–Crippen LogP) is 2.23. The average molecular weight is 324 g/mol. The number of aliphatic hydroxyl groups is 1. The maximum Gasteiger partial charge on any atom is 0.313 e. The summed E-state index contributed by atoms with van der Waals surface area (Å²) in [5.74, 6) is -1.96. The number of benzene rings is 1. The van der Waals surface area contributed by atoms with Crippen LogP contribution in [0.3, 0.4) is 0 Å². The second kappa shape index (κ2) is 7.55. The first-order chi connectivity index (χ1) is 10.5. The first-order valence-corrected chi connectivity index (χ1v) is 7.58. The van der Waals surface area contributed by atoms with E-state index in [1.807, 2.05) is 27.7 Å². The van der Waals surface area contributed by atoms with Gasteiger partial charge in [-0.3, -0.25) is 9.59 Å². The van der Waals surface area contributed by atoms with Crippen molar-refractivity contribution in [1.82, 2.24) is 5.32 Å². The van der Waals surface area contributed by atoms with E-state index in [0.717, 1.165) is 0 Å². The third kappa shape index (κ3) is 5.32. The van der Waals surface area contributed by atoms with Crippen LogP contribution in [0.4, 0.5) is 10.1 Å². The molecule has 0 saturated heterocycles. The van der Waals surface area contributed by atoms with Crippen molar-refractivity contribution in [2.45, 2.75) is 40.7 Å². The summed E-state index contributed by atoms with van der Waals surface area (Å²) in [6.07, 6.45) is -0.606. The zero-order valence-corrected chi connectivity index (χ0v) is 14.2. The summed E-state index contributed by atoms with van der Waals surface area (Å²) in [4.78, 5) is 23.7. The monoisotopic (exact) mass is 324 g/mol. The highest BCUT2D eigenvalue weighted by Crippen LogP contribution is 2.25. The number of carbonyl (C=O) groups is 2. The zero-order chi connectivity index (χ0) is 17.8. The summed E-state index contributed by atoms with van der Waals surface area (Å²) < 4.78 is 13.2. The molecule has 0 bridgehead atoms. The normalized spacial score (nSPS) is 12.9. The van der Waals surface area contributed by atoms with Gasteiger partial charge in [-0.2, -0.15) is 0 Å². The Bertz CT molecular complexity index is 585. The van der Waals surface area contributed by atoms with Crippen LogP contribution < -0.4 is 10.6 Å². The van der Waals surface area contributed by atoms with Crippen LogP contribution in [0.2, 0.25) is 0 Å². The Morgan fingerprint density at radius 2 is 1.87 bits per heavy atom. The van der Waals surface area contributed by atoms with E-state index in [1.165, 1.54) is 18.2 Å². The molecule has 0 aliphatic heterocycles. The van der Waals surface area contributed by atoms with Crippen molar-refractivity contribution in [3.8, 4) is 0 Å². The van der Waals surface area contributed by atoms with Crippen molar-refractivity contribution in [2.75, 3.05) is 11.9 Å². The molecule has 6 heteroatoms. The van der Waals surface area contributed by atoms with E-state index >= 15 is 0 Å². The van der Waals surface area contributed by atoms with Gasteiger partial charge in [0.2, 0.25) is 0 Å². The van der Waals surface area contributed by atoms with E-state index in [4.69, 9.17) is 0 Å². The summed E-state index contributed by atoms with van der Waals surface area (Å²) in [7, 11) is 0. The number of amides is 2. The summed E-state index contributed by atoms with van der Waals surface area (Å²) in [5.41, 5.74) is 0.172. The van der Waals surface area contributed by atoms with Gasteiger partial charge < -0.3 is 15.7 Å². The van der Waals surface area contributed by atoms with Gasteiger partial charge >= 0.3 is 11.8 Å². The summed E-state index contributed by atoms with van der Waals surface area (Å²) in [6.45, 7) is 9.15. The van der Waals surface area contributed by atoms with Crippen LogP contribution in [-0.4, -0.2) is 29.6 Å². The fourth-order valence-corrected chi connectivity index (χ4v) is 2.31. The SMILES string of the molecule is Cc1cc(NC(=O)C(=O)NCC(C)(C)C(O)C(C)C)ccc1F. The molecule has 1 aromatic carbocycles. The molecule has 3 N–H and O–H groups in total. The molecular weight excluding hydrogens is 299 g/mol. The highest BCUT2D eigenvalue weighted by Gasteiger charge is 2.31. The zero-order valence-electron chi connectivity index (χ0n) is 14.2. The number of aryl methyl sites for hydroxylation is 1. The third-order valence-corrected chi connectivity index (χ3v) is 3.76. The Morgan fingerprint density at radius 3 is 2.39 bits per heavy atom. The van der Waals surface area contributed by atoms with Gasteiger partial charge in [0.05, 0.1) is 6.10 Å². The van der Waals surface area contributed by atoms with Gasteiger partial charge in [-0.1, -0.05) is 27.7 Å². The smallest absolute Gasteiger partial charge is 0.313 e. The third-order valence-electron chi connectivity index (χ3n) is 3.76. The van der Waals surface area contributed by atoms with Gasteiger partial charge in [-0.25, -0.2) is 4.39 Å². The Labute approximate surface area is 136 Å². The minimum absolute atomic E-state index is 0.0397. The molecule has 0 aliphatic carbocycles. The second-order valence-corrected chi connectivity index (χ2v) is 6.78. The molecule has 1 atom stereocenters. The van der Waals surface area contributed by atoms with Crippen LogP contribution in [0, 0.1) is 24.1 Å². The molecule has 0 spiro atoms. The molecule has 0 heterocycles. The number of rotatable bonds is 5. The highest BCUT2D eigenvalue weighted by atomic mass is 19.1. The van der Waals surface area contributed by atoms with Gasteiger partial charge in [-0.05, 0) is 36.6 Å². The van der Waals surface area contributed by atoms with E-state index in [-0.39, 0.29) is 18.3 Å². The van der Waals surface area contributed by atoms with Crippen LogP contribution in [0.5, 0.6) is 0 Å². The molecule has 0 saturated carbocycles. The summed E-state index contributed by atoms with van der Waals surface area (Å²) in [5, 5.41) is 15.0. The number of hydrogen-bond donors (Lipinski definition) is 3. The largest absolute Gasteiger partial charge is 0.392 e. The maximum absolute atomic E-state index is 13.2. The second-order valence-electron chi connectivity index (χ2n) is 6.78. The van der Waals surface area contributed by atoms with Crippen LogP contribution in [-0.2, 0) is 9.59 Å². The molecule has 0 aromatic heterocycles. The standard InChI is InChI=1S/C17H25FN2O3/c1-10(2)14(21)17(4,5)9-19-15(22)16(23)20-12-6-7-13(18)11(3)8-12/h6-8,10,14,21H,9H2,1-5H3,(H,19,22)(H,20,23). The van der Waals surface area contributed by atoms with Crippen LogP contribution in [0.15, 0.2) is 18.2 Å². The van der Waals surface area contributed by atoms with Crippen molar-refractivity contribution < 1.29 is 19.1 Å². The molecule has 1 rings (SSSR count). The van der Waals surface area contributed by atoms with Gasteiger partial charge in [0, 0.05) is 17.6 Å². The van der Waals surface area contributed by atoms with Crippen molar-refractivity contribution >= 4 is 17.5 Å². The van der Waals surface area contributed by atoms with Gasteiger partial charge in [-0.15, -0.1) is 0 Å². The fraction of sp³-hybridized carbons (Fsp3) is 0.529. The first kappa shape index (κ1) is 19.1. The molecule has 0 aliphatic rings. The molecule has 0 fully saturated rings. The lowest BCUT2D eigenvalue weighted by Gasteiger charge is -2.33. The number of nitrogens with one attached hydrogen (secondary N) is 2. The number of hydrogen-bond acceptors (Lipinski definition) is 3. The molecule has 23 heavy (non-hydrogen) atoms. The van der Waals surface area contributed by atoms with Crippen molar-refractivity contribution in [1.29, 1.82) is 0 Å². The molecule has 5 nitrogen and oxygen atoms in total. The molecule has 1 aromatic rings. The van der Waals surface area contributed by atoms with Crippen LogP contribution in [0.25, 0.3) is 0 Å². The Morgan fingerprint density at radius 1 is 1.26 bits per heavy atom. The van der Waals surface area contributed by atoms with E-state index in [9.17, 15) is 19.1 Å². The Balaban J connectivity index is 2.60. The van der Waals surface area contributed by atoms with Crippen LogP contribution in [0.1, 0.15) is 33.3 Å². The quantitative estimate of drug-likeness (QED) is 0.727. The number of aliphatic hydroxyl groups excluding tert-OH is 1. The Kier molecular flexibility index (Phi) is 6.27. The van der Waals surface area contributed by atoms with E-state index in [0.29, 0.717) is 11.3 Å². The van der Waals surface area contributed by atoms with Crippen molar-refractivity contribution in [3.63, 3.8) is 0 Å². The van der Waals surface area contributed by atoms with Crippen LogP contribution >= 0.6 is 0 Å². The van der Waals surface area contributed by atoms with Crippen molar-refractivity contribution in [2.24, 2.45) is 11.3 Å². The summed E-state index contributed by atoms with van der Waals surface area (Å²) in [6, 6.07) is 4.07. The minimum Gasteiger partial charge on any atom is -0.392 e. The number of anilines is 1. The summed E-state index contributed by atoms with van der Waals surface area (Å²) >= 11 is 0. The van der Waals surface area contributed by atoms with E-state index in [1.54, 1.807) is 6.92 Å². The molecule has 128 valence electrons. The fourth-order valence-electron chi connectivity index (χ4n) is 2.31. The average Bonchev–Trinajstić information content (AvgIpc) is 2.47. The van der Waals surface area contributed by atoms with E-state index in [2.05, 4.69) is 10.6 Å². The first-order valence-electron chi connectivity index (χ1n) is 7.58. The van der Waals surface area contributed by atoms with Gasteiger partial charge in [0.25, 0.3) is 0 Å².